The number of thiophene rings is 1. The zero-order chi connectivity index (χ0) is 13.1. The summed E-state index contributed by atoms with van der Waals surface area (Å²) in [5.74, 6) is 0. The number of hydrogen-bond acceptors (Lipinski definition) is 3. The normalized spacial score (nSPS) is 12.9. The van der Waals surface area contributed by atoms with Gasteiger partial charge in [0, 0.05) is 16.4 Å². The Labute approximate surface area is 120 Å². The highest BCUT2D eigenvalue weighted by Gasteiger charge is 2.20. The lowest BCUT2D eigenvalue weighted by Gasteiger charge is -2.18. The van der Waals surface area contributed by atoms with Gasteiger partial charge in [0.05, 0.1) is 17.4 Å². The smallest absolute Gasteiger partial charge is 0.0767 e. The van der Waals surface area contributed by atoms with Crippen LogP contribution in [0.25, 0.3) is 0 Å². The summed E-state index contributed by atoms with van der Waals surface area (Å²) in [6.07, 6.45) is 0. The van der Waals surface area contributed by atoms with Crippen LogP contribution in [-0.4, -0.2) is 16.3 Å². The average Bonchev–Trinajstić information content (AvgIpc) is 2.92. The van der Waals surface area contributed by atoms with Gasteiger partial charge in [0.15, 0.2) is 0 Å². The summed E-state index contributed by atoms with van der Waals surface area (Å²) < 4.78 is 3.24. The van der Waals surface area contributed by atoms with Crippen LogP contribution in [0, 0.1) is 6.92 Å². The Morgan fingerprint density at radius 2 is 2.22 bits per heavy atom. The fourth-order valence-electron chi connectivity index (χ4n) is 2.13. The maximum Gasteiger partial charge on any atom is 0.0767 e. The molecule has 0 bridgehead atoms. The molecule has 0 fully saturated rings. The van der Waals surface area contributed by atoms with Crippen molar-refractivity contribution in [3.8, 4) is 0 Å². The first-order valence-corrected chi connectivity index (χ1v) is 7.90. The largest absolute Gasteiger partial charge is 0.305 e. The van der Waals surface area contributed by atoms with Gasteiger partial charge in [0.2, 0.25) is 0 Å². The van der Waals surface area contributed by atoms with E-state index in [4.69, 9.17) is 0 Å². The maximum absolute atomic E-state index is 4.54. The third-order valence-electron chi connectivity index (χ3n) is 2.89. The van der Waals surface area contributed by atoms with E-state index in [0.717, 1.165) is 18.8 Å². The Bertz CT molecular complexity index is 518. The molecule has 18 heavy (non-hydrogen) atoms. The average molecular weight is 328 g/mol. The van der Waals surface area contributed by atoms with Gasteiger partial charge in [-0.2, -0.15) is 16.4 Å². The van der Waals surface area contributed by atoms with Crippen LogP contribution >= 0.6 is 27.3 Å². The number of hydrogen-bond donors (Lipinski definition) is 1. The fourth-order valence-corrected chi connectivity index (χ4v) is 3.68. The van der Waals surface area contributed by atoms with Crippen LogP contribution in [0.5, 0.6) is 0 Å². The highest BCUT2D eigenvalue weighted by Crippen LogP contribution is 2.31. The van der Waals surface area contributed by atoms with Crippen molar-refractivity contribution in [1.82, 2.24) is 15.1 Å². The first-order valence-electron chi connectivity index (χ1n) is 6.16. The Morgan fingerprint density at radius 1 is 1.44 bits per heavy atom. The van der Waals surface area contributed by atoms with E-state index in [1.165, 1.54) is 15.7 Å². The molecule has 0 radical (unpaired) electrons. The number of halogens is 1. The maximum atomic E-state index is 4.54. The predicted molar refractivity (Wildman–Crippen MR) is 80.2 cm³/mol. The van der Waals surface area contributed by atoms with E-state index in [9.17, 15) is 0 Å². The van der Waals surface area contributed by atoms with Crippen molar-refractivity contribution < 1.29 is 0 Å². The number of rotatable bonds is 5. The molecule has 2 rings (SSSR count). The van der Waals surface area contributed by atoms with Crippen LogP contribution in [0.1, 0.15) is 36.8 Å². The number of aromatic nitrogens is 2. The molecular formula is C13H18BrN3S. The van der Waals surface area contributed by atoms with E-state index in [-0.39, 0.29) is 6.04 Å². The van der Waals surface area contributed by atoms with Crippen LogP contribution in [-0.2, 0) is 6.54 Å². The van der Waals surface area contributed by atoms with E-state index in [2.05, 4.69) is 61.7 Å². The molecule has 1 atom stereocenters. The minimum atomic E-state index is 0.205. The third kappa shape index (κ3) is 2.68. The lowest BCUT2D eigenvalue weighted by Crippen LogP contribution is -2.24. The summed E-state index contributed by atoms with van der Waals surface area (Å²) in [5, 5.41) is 12.4. The van der Waals surface area contributed by atoms with Crippen molar-refractivity contribution in [3.05, 3.63) is 38.3 Å². The quantitative estimate of drug-likeness (QED) is 0.906. The van der Waals surface area contributed by atoms with E-state index in [1.807, 2.05) is 6.92 Å². The summed E-state index contributed by atoms with van der Waals surface area (Å²) in [6, 6.07) is 2.37. The number of aryl methyl sites for hydroxylation is 2. The van der Waals surface area contributed by atoms with Crippen molar-refractivity contribution in [2.75, 3.05) is 6.54 Å². The number of nitrogens with zero attached hydrogens (tertiary/aromatic N) is 2. The summed E-state index contributed by atoms with van der Waals surface area (Å²) in [7, 11) is 0. The molecule has 0 aliphatic rings. The molecule has 3 nitrogen and oxygen atoms in total. The molecular weight excluding hydrogens is 310 g/mol. The van der Waals surface area contributed by atoms with Crippen molar-refractivity contribution in [1.29, 1.82) is 0 Å². The van der Waals surface area contributed by atoms with Crippen molar-refractivity contribution in [2.45, 2.75) is 33.4 Å². The Balaban J connectivity index is 2.44. The van der Waals surface area contributed by atoms with Crippen LogP contribution in [0.4, 0.5) is 0 Å². The Kier molecular flexibility index (Phi) is 4.59. The van der Waals surface area contributed by atoms with Crippen LogP contribution in [0.15, 0.2) is 21.3 Å². The lowest BCUT2D eigenvalue weighted by atomic mass is 10.1. The molecule has 2 aromatic rings. The van der Waals surface area contributed by atoms with Gasteiger partial charge >= 0.3 is 0 Å². The fraction of sp³-hybridized carbons (Fsp3) is 0.462. The first kappa shape index (κ1) is 13.8. The Hall–Kier alpha value is -0.650. The lowest BCUT2D eigenvalue weighted by molar-refractivity contribution is 0.541. The molecule has 0 saturated heterocycles. The zero-order valence-electron chi connectivity index (χ0n) is 10.9. The summed E-state index contributed by atoms with van der Waals surface area (Å²) in [5.41, 5.74) is 3.59. The highest BCUT2D eigenvalue weighted by molar-refractivity contribution is 9.10. The van der Waals surface area contributed by atoms with Crippen LogP contribution in [0.3, 0.4) is 0 Å². The van der Waals surface area contributed by atoms with Crippen LogP contribution < -0.4 is 5.32 Å². The second kappa shape index (κ2) is 5.99. The second-order valence-electron chi connectivity index (χ2n) is 4.19. The molecule has 0 aromatic carbocycles. The van der Waals surface area contributed by atoms with Crippen molar-refractivity contribution in [2.24, 2.45) is 0 Å². The molecule has 5 heteroatoms. The first-order chi connectivity index (χ1) is 8.67. The van der Waals surface area contributed by atoms with Gasteiger partial charge in [0.1, 0.15) is 0 Å². The Morgan fingerprint density at radius 3 is 2.78 bits per heavy atom. The third-order valence-corrected chi connectivity index (χ3v) is 4.64. The van der Waals surface area contributed by atoms with Gasteiger partial charge in [-0.25, -0.2) is 0 Å². The van der Waals surface area contributed by atoms with Gasteiger partial charge in [0.25, 0.3) is 0 Å². The zero-order valence-corrected chi connectivity index (χ0v) is 13.3. The summed E-state index contributed by atoms with van der Waals surface area (Å²) in [6.45, 7) is 8.13. The topological polar surface area (TPSA) is 29.9 Å². The molecule has 98 valence electrons. The van der Waals surface area contributed by atoms with Gasteiger partial charge in [-0.15, -0.1) is 0 Å². The minimum absolute atomic E-state index is 0.205. The monoisotopic (exact) mass is 327 g/mol. The van der Waals surface area contributed by atoms with E-state index < -0.39 is 0 Å². The van der Waals surface area contributed by atoms with E-state index in [1.54, 1.807) is 11.3 Å². The van der Waals surface area contributed by atoms with Gasteiger partial charge in [-0.3, -0.25) is 4.68 Å². The molecule has 0 amide bonds. The van der Waals surface area contributed by atoms with Crippen LogP contribution in [0.2, 0.25) is 0 Å². The standard InChI is InChI=1S/C13H18BrN3S/c1-4-15-13(10-7-18-8-11(10)14)12-6-9(3)16-17(12)5-2/h6-8,13,15H,4-5H2,1-3H3. The second-order valence-corrected chi connectivity index (χ2v) is 5.79. The molecule has 0 aliphatic carbocycles. The molecule has 0 saturated carbocycles. The molecule has 1 unspecified atom stereocenters. The van der Waals surface area contributed by atoms with Gasteiger partial charge < -0.3 is 5.32 Å². The molecule has 2 aromatic heterocycles. The number of nitrogens with one attached hydrogen (secondary N) is 1. The van der Waals surface area contributed by atoms with E-state index in [0.29, 0.717) is 0 Å². The predicted octanol–water partition coefficient (Wildman–Crippen LogP) is 3.73. The highest BCUT2D eigenvalue weighted by atomic mass is 79.9. The molecule has 1 N–H and O–H groups in total. The minimum Gasteiger partial charge on any atom is -0.305 e. The van der Waals surface area contributed by atoms with Gasteiger partial charge in [-0.1, -0.05) is 6.92 Å². The van der Waals surface area contributed by atoms with E-state index >= 15 is 0 Å². The molecule has 2 heterocycles. The summed E-state index contributed by atoms with van der Waals surface area (Å²) >= 11 is 5.35. The molecule has 0 spiro atoms. The van der Waals surface area contributed by atoms with Crippen molar-refractivity contribution in [3.63, 3.8) is 0 Å². The summed E-state index contributed by atoms with van der Waals surface area (Å²) in [4.78, 5) is 0. The SMILES string of the molecule is CCNC(c1cscc1Br)c1cc(C)nn1CC. The molecule has 0 aliphatic heterocycles. The van der Waals surface area contributed by atoms with Gasteiger partial charge in [-0.05, 0) is 53.3 Å². The van der Waals surface area contributed by atoms with Crippen molar-refractivity contribution >= 4 is 27.3 Å².